The lowest BCUT2D eigenvalue weighted by Crippen LogP contribution is -2.40. The Morgan fingerprint density at radius 2 is 1.89 bits per heavy atom. The molecule has 1 aliphatic carbocycles. The van der Waals surface area contributed by atoms with E-state index >= 15 is 0 Å². The van der Waals surface area contributed by atoms with E-state index in [0.29, 0.717) is 5.69 Å². The third-order valence-electron chi connectivity index (χ3n) is 5.74. The van der Waals surface area contributed by atoms with Gasteiger partial charge in [0.05, 0.1) is 24.0 Å². The van der Waals surface area contributed by atoms with E-state index in [1.807, 2.05) is 0 Å². The normalized spacial score (nSPS) is 19.5. The maximum atomic E-state index is 14.8. The molecule has 0 saturated heterocycles. The summed E-state index contributed by atoms with van der Waals surface area (Å²) < 4.78 is 64.9. The molecule has 1 fully saturated rings. The molecule has 12 heteroatoms. The van der Waals surface area contributed by atoms with E-state index in [0.717, 1.165) is 45.1 Å². The van der Waals surface area contributed by atoms with Gasteiger partial charge in [0, 0.05) is 24.5 Å². The molecule has 182 valence electrons. The smallest absolute Gasteiger partial charge is 0.350 e. The number of benzene rings is 2. The summed E-state index contributed by atoms with van der Waals surface area (Å²) in [6.45, 7) is 1.21. The molecule has 0 atom stereocenters. The van der Waals surface area contributed by atoms with Crippen LogP contribution in [-0.4, -0.2) is 30.5 Å². The number of ether oxygens (including phenoxy) is 1. The third-order valence-corrected chi connectivity index (χ3v) is 6.96. The zero-order valence-electron chi connectivity index (χ0n) is 18.2. The maximum Gasteiger partial charge on any atom is 0.350 e. The molecular weight excluding hydrogens is 488 g/mol. The molecule has 2 heterocycles. The van der Waals surface area contributed by atoms with E-state index in [2.05, 4.69) is 10.1 Å². The molecule has 5 rings (SSSR count). The van der Waals surface area contributed by atoms with E-state index in [-0.39, 0.29) is 46.5 Å². The average molecular weight is 506 g/mol. The molecule has 2 aromatic heterocycles. The monoisotopic (exact) mass is 506 g/mol. The van der Waals surface area contributed by atoms with Crippen LogP contribution in [0.15, 0.2) is 47.5 Å². The van der Waals surface area contributed by atoms with Crippen molar-refractivity contribution in [1.82, 2.24) is 19.3 Å². The molecule has 2 aromatic carbocycles. The number of aliphatic hydroxyl groups is 1. The van der Waals surface area contributed by atoms with E-state index < -0.39 is 34.9 Å². The molecule has 0 spiro atoms. The fraction of sp³-hybridized carbons (Fsp3) is 0.261. The van der Waals surface area contributed by atoms with Crippen LogP contribution in [0.2, 0.25) is 0 Å². The van der Waals surface area contributed by atoms with Crippen LogP contribution in [0.3, 0.4) is 0 Å². The lowest BCUT2D eigenvalue weighted by Gasteiger charge is -2.36. The Balaban J connectivity index is 1.37. The minimum Gasteiger partial charge on any atom is -0.442 e. The lowest BCUT2D eigenvalue weighted by atomic mass is 9.80. The van der Waals surface area contributed by atoms with Gasteiger partial charge in [-0.05, 0) is 31.2 Å². The van der Waals surface area contributed by atoms with Crippen LogP contribution in [0.25, 0.3) is 5.69 Å². The van der Waals surface area contributed by atoms with Crippen LogP contribution >= 0.6 is 11.3 Å². The average Bonchev–Trinajstić information content (AvgIpc) is 3.34. The minimum absolute atomic E-state index is 0.0482. The second-order valence-electron chi connectivity index (χ2n) is 8.29. The van der Waals surface area contributed by atoms with Crippen molar-refractivity contribution >= 4 is 11.3 Å². The predicted octanol–water partition coefficient (Wildman–Crippen LogP) is 4.38. The second-order valence-corrected chi connectivity index (χ2v) is 9.25. The molecule has 0 unspecified atom stereocenters. The Morgan fingerprint density at radius 1 is 1.17 bits per heavy atom. The van der Waals surface area contributed by atoms with Crippen molar-refractivity contribution in [2.45, 2.75) is 38.1 Å². The van der Waals surface area contributed by atoms with Crippen LogP contribution in [0, 0.1) is 24.4 Å². The van der Waals surface area contributed by atoms with Crippen LogP contribution < -0.4 is 10.4 Å². The van der Waals surface area contributed by atoms with Crippen molar-refractivity contribution in [1.29, 1.82) is 0 Å². The number of aromatic nitrogens is 4. The summed E-state index contributed by atoms with van der Waals surface area (Å²) in [4.78, 5) is 16.9. The van der Waals surface area contributed by atoms with Gasteiger partial charge in [0.1, 0.15) is 23.0 Å². The predicted molar refractivity (Wildman–Crippen MR) is 118 cm³/mol. The Kier molecular flexibility index (Phi) is 5.72. The minimum atomic E-state index is -1.72. The molecule has 0 amide bonds. The Morgan fingerprint density at radius 3 is 2.54 bits per heavy atom. The summed E-state index contributed by atoms with van der Waals surface area (Å²) in [5.41, 5.74) is -2.29. The molecule has 1 saturated carbocycles. The third kappa shape index (κ3) is 4.23. The number of hydrogen-bond acceptors (Lipinski definition) is 6. The summed E-state index contributed by atoms with van der Waals surface area (Å²) >= 11 is 0.939. The topological polar surface area (TPSA) is 82.2 Å². The number of alkyl halides is 1. The van der Waals surface area contributed by atoms with Crippen molar-refractivity contribution in [3.8, 4) is 16.5 Å². The molecule has 1 N–H and O–H groups in total. The summed E-state index contributed by atoms with van der Waals surface area (Å²) in [6.07, 6.45) is 0.292. The van der Waals surface area contributed by atoms with E-state index in [4.69, 9.17) is 4.74 Å². The highest BCUT2D eigenvalue weighted by Crippen LogP contribution is 2.49. The Bertz CT molecular complexity index is 1460. The number of nitrogens with zero attached hydrogens (tertiary/aromatic N) is 4. The number of thiazole rings is 1. The first-order valence-corrected chi connectivity index (χ1v) is 11.4. The number of aliphatic hydroxyl groups excluding tert-OH is 1. The van der Waals surface area contributed by atoms with E-state index in [1.165, 1.54) is 18.2 Å². The van der Waals surface area contributed by atoms with Gasteiger partial charge >= 0.3 is 5.69 Å². The fourth-order valence-corrected chi connectivity index (χ4v) is 4.84. The van der Waals surface area contributed by atoms with Gasteiger partial charge in [-0.25, -0.2) is 27.3 Å². The number of rotatable bonds is 6. The van der Waals surface area contributed by atoms with Crippen LogP contribution in [0.4, 0.5) is 17.6 Å². The summed E-state index contributed by atoms with van der Waals surface area (Å²) in [7, 11) is 0. The SMILES string of the molecule is Cc1nc(C2(F)CC(O)C2)sc1Oc1ccc(-n2ncn(Cc3c(F)cccc3F)c2=O)cc1F. The highest BCUT2D eigenvalue weighted by Gasteiger charge is 2.48. The van der Waals surface area contributed by atoms with Crippen molar-refractivity contribution in [2.24, 2.45) is 0 Å². The maximum absolute atomic E-state index is 14.8. The van der Waals surface area contributed by atoms with Crippen molar-refractivity contribution in [3.63, 3.8) is 0 Å². The first-order chi connectivity index (χ1) is 16.6. The zero-order valence-corrected chi connectivity index (χ0v) is 19.0. The summed E-state index contributed by atoms with van der Waals surface area (Å²) in [5.74, 6) is -2.58. The molecular formula is C23H18F4N4O3S. The quantitative estimate of drug-likeness (QED) is 0.393. The molecule has 1 aliphatic rings. The molecule has 7 nitrogen and oxygen atoms in total. The summed E-state index contributed by atoms with van der Waals surface area (Å²) in [6, 6.07) is 7.07. The number of hydrogen-bond donors (Lipinski definition) is 1. The fourth-order valence-electron chi connectivity index (χ4n) is 3.81. The van der Waals surface area contributed by atoms with Gasteiger partial charge in [-0.3, -0.25) is 4.57 Å². The van der Waals surface area contributed by atoms with Crippen molar-refractivity contribution in [2.75, 3.05) is 0 Å². The van der Waals surface area contributed by atoms with Crippen LogP contribution in [-0.2, 0) is 12.2 Å². The largest absolute Gasteiger partial charge is 0.442 e. The standard InChI is InChI=1S/C23H18F4N4O3S/c1-12-20(35-21(29-12)23(27)8-14(32)9-23)34-19-6-5-13(7-18(19)26)31-22(33)30(11-28-31)10-15-16(24)3-2-4-17(15)25/h2-7,11,14,32H,8-10H2,1H3. The van der Waals surface area contributed by atoms with Crippen molar-refractivity contribution in [3.05, 3.63) is 86.9 Å². The Hall–Kier alpha value is -3.51. The van der Waals surface area contributed by atoms with Crippen LogP contribution in [0.1, 0.15) is 29.1 Å². The molecule has 0 radical (unpaired) electrons. The van der Waals surface area contributed by atoms with Crippen molar-refractivity contribution < 1.29 is 27.4 Å². The molecule has 4 aromatic rings. The van der Waals surface area contributed by atoms with E-state index in [9.17, 15) is 27.5 Å². The van der Waals surface area contributed by atoms with Gasteiger partial charge in [-0.15, -0.1) is 0 Å². The number of halogens is 4. The first-order valence-electron chi connectivity index (χ1n) is 10.5. The van der Waals surface area contributed by atoms with Gasteiger partial charge in [0.25, 0.3) is 0 Å². The highest BCUT2D eigenvalue weighted by atomic mass is 32.1. The van der Waals surface area contributed by atoms with Gasteiger partial charge in [-0.1, -0.05) is 17.4 Å². The molecule has 0 bridgehead atoms. The summed E-state index contributed by atoms with van der Waals surface area (Å²) in [5, 5.41) is 13.7. The highest BCUT2D eigenvalue weighted by molar-refractivity contribution is 7.13. The first kappa shape index (κ1) is 23.2. The zero-order chi connectivity index (χ0) is 24.9. The van der Waals surface area contributed by atoms with E-state index in [1.54, 1.807) is 6.92 Å². The van der Waals surface area contributed by atoms with Gasteiger partial charge in [0.15, 0.2) is 17.2 Å². The number of aryl methyl sites for hydroxylation is 1. The van der Waals surface area contributed by atoms with Gasteiger partial charge in [-0.2, -0.15) is 9.78 Å². The van der Waals surface area contributed by atoms with Gasteiger partial charge < -0.3 is 9.84 Å². The van der Waals surface area contributed by atoms with Crippen LogP contribution in [0.5, 0.6) is 10.8 Å². The van der Waals surface area contributed by atoms with Gasteiger partial charge in [0.2, 0.25) is 5.06 Å². The molecule has 35 heavy (non-hydrogen) atoms. The molecule has 0 aliphatic heterocycles. The second kappa shape index (κ2) is 8.61. The lowest BCUT2D eigenvalue weighted by molar-refractivity contribution is -0.0607. The Labute approximate surface area is 199 Å².